The van der Waals surface area contributed by atoms with Crippen molar-refractivity contribution in [3.05, 3.63) is 69.1 Å². The summed E-state index contributed by atoms with van der Waals surface area (Å²) in [6.45, 7) is 1.53. The summed E-state index contributed by atoms with van der Waals surface area (Å²) in [6.07, 6.45) is -3.60. The zero-order valence-corrected chi connectivity index (χ0v) is 20.6. The molecule has 1 saturated heterocycles. The van der Waals surface area contributed by atoms with Crippen LogP contribution in [0.5, 0.6) is 0 Å². The van der Waals surface area contributed by atoms with Crippen molar-refractivity contribution >= 4 is 50.5 Å². The zero-order valence-electron chi connectivity index (χ0n) is 18.2. The fraction of sp³-hybridized carbons (Fsp3) is 0.238. The summed E-state index contributed by atoms with van der Waals surface area (Å²) < 4.78 is 63.7. The van der Waals surface area contributed by atoms with E-state index >= 15 is 0 Å². The van der Waals surface area contributed by atoms with E-state index in [4.69, 9.17) is 23.2 Å². The molecule has 190 valence electrons. The van der Waals surface area contributed by atoms with E-state index in [1.807, 2.05) is 0 Å². The first kappa shape index (κ1) is 25.9. The fourth-order valence-corrected chi connectivity index (χ4v) is 5.32. The number of aryl methyl sites for hydroxylation is 1. The number of sulfone groups is 1. The van der Waals surface area contributed by atoms with Crippen LogP contribution >= 0.6 is 23.2 Å². The number of halogens is 5. The number of carbonyl (C=O) groups is 2. The van der Waals surface area contributed by atoms with Crippen LogP contribution in [-0.2, 0) is 16.0 Å². The van der Waals surface area contributed by atoms with E-state index in [-0.39, 0.29) is 38.6 Å². The van der Waals surface area contributed by atoms with Crippen LogP contribution in [0.25, 0.3) is 5.82 Å². The van der Waals surface area contributed by atoms with Crippen molar-refractivity contribution in [2.45, 2.75) is 19.1 Å². The molecular formula is C21H16Cl2F3N5O4S. The van der Waals surface area contributed by atoms with Crippen LogP contribution in [0.4, 0.5) is 18.9 Å². The van der Waals surface area contributed by atoms with Crippen LogP contribution in [0.15, 0.2) is 36.5 Å². The van der Waals surface area contributed by atoms with Crippen molar-refractivity contribution in [2.24, 2.45) is 0 Å². The third-order valence-electron chi connectivity index (χ3n) is 5.20. The Morgan fingerprint density at radius 1 is 1.14 bits per heavy atom. The van der Waals surface area contributed by atoms with Crippen LogP contribution in [0, 0.1) is 6.92 Å². The van der Waals surface area contributed by atoms with Crippen molar-refractivity contribution in [3.63, 3.8) is 0 Å². The molecule has 0 bridgehead atoms. The van der Waals surface area contributed by atoms with Gasteiger partial charge in [0.2, 0.25) is 0 Å². The standard InChI is InChI=1S/C21H16Cl2F3N5O4S/c1-10-5-11(22)6-13(19(32)28-12-8-36(34,35)9-12)17(10)29-20(33)15-7-16(21(24,25)26)30-31(15)18-14(23)3-2-4-27-18/h2-7,12H,8-9H2,1H3,(H,28,32)(H,29,33). The molecular weight excluding hydrogens is 546 g/mol. The molecule has 3 aromatic rings. The van der Waals surface area contributed by atoms with Crippen molar-refractivity contribution in [3.8, 4) is 5.82 Å². The van der Waals surface area contributed by atoms with Crippen LogP contribution in [-0.4, -0.2) is 52.5 Å². The second-order valence-corrected chi connectivity index (χ2v) is 11.0. The Hall–Kier alpha value is -3.16. The summed E-state index contributed by atoms with van der Waals surface area (Å²) >= 11 is 12.1. The third kappa shape index (κ3) is 5.32. The maximum Gasteiger partial charge on any atom is 0.435 e. The highest BCUT2D eigenvalue weighted by molar-refractivity contribution is 7.92. The van der Waals surface area contributed by atoms with Gasteiger partial charge in [0.25, 0.3) is 11.8 Å². The van der Waals surface area contributed by atoms with E-state index in [1.165, 1.54) is 37.4 Å². The van der Waals surface area contributed by atoms with E-state index in [0.29, 0.717) is 16.3 Å². The minimum Gasteiger partial charge on any atom is -0.347 e. The molecule has 2 N–H and O–H groups in total. The molecule has 1 aliphatic rings. The number of anilines is 1. The van der Waals surface area contributed by atoms with E-state index < -0.39 is 45.3 Å². The SMILES string of the molecule is Cc1cc(Cl)cc(C(=O)NC2CS(=O)(=O)C2)c1NC(=O)c1cc(C(F)(F)F)nn1-c1ncccc1Cl. The van der Waals surface area contributed by atoms with Gasteiger partial charge in [0.15, 0.2) is 21.3 Å². The minimum atomic E-state index is -4.87. The molecule has 1 aliphatic heterocycles. The Bertz CT molecular complexity index is 1480. The van der Waals surface area contributed by atoms with E-state index in [1.54, 1.807) is 0 Å². The molecule has 1 fully saturated rings. The van der Waals surface area contributed by atoms with Gasteiger partial charge in [-0.3, -0.25) is 9.59 Å². The highest BCUT2D eigenvalue weighted by atomic mass is 35.5. The topological polar surface area (TPSA) is 123 Å². The predicted molar refractivity (Wildman–Crippen MR) is 125 cm³/mol. The largest absolute Gasteiger partial charge is 0.435 e. The molecule has 36 heavy (non-hydrogen) atoms. The molecule has 0 spiro atoms. The van der Waals surface area contributed by atoms with Gasteiger partial charge in [-0.1, -0.05) is 23.2 Å². The number of nitrogens with one attached hydrogen (secondary N) is 2. The monoisotopic (exact) mass is 561 g/mol. The average molecular weight is 562 g/mol. The van der Waals surface area contributed by atoms with Gasteiger partial charge in [-0.2, -0.15) is 18.3 Å². The van der Waals surface area contributed by atoms with Gasteiger partial charge in [0.1, 0.15) is 5.69 Å². The average Bonchev–Trinajstić information content (AvgIpc) is 3.20. The lowest BCUT2D eigenvalue weighted by Crippen LogP contribution is -2.53. The molecule has 1 aromatic carbocycles. The van der Waals surface area contributed by atoms with Crippen molar-refractivity contribution in [2.75, 3.05) is 16.8 Å². The van der Waals surface area contributed by atoms with E-state index in [2.05, 4.69) is 20.7 Å². The molecule has 0 atom stereocenters. The Kier molecular flexibility index (Phi) is 6.75. The smallest absolute Gasteiger partial charge is 0.347 e. The number of nitrogens with zero attached hydrogens (tertiary/aromatic N) is 3. The molecule has 0 unspecified atom stereocenters. The first-order valence-corrected chi connectivity index (χ1v) is 12.7. The number of carbonyl (C=O) groups excluding carboxylic acids is 2. The summed E-state index contributed by atoms with van der Waals surface area (Å²) in [4.78, 5) is 30.0. The summed E-state index contributed by atoms with van der Waals surface area (Å²) in [6, 6.07) is 5.43. The summed E-state index contributed by atoms with van der Waals surface area (Å²) in [5.74, 6) is -2.43. The lowest BCUT2D eigenvalue weighted by molar-refractivity contribution is -0.141. The molecule has 9 nitrogen and oxygen atoms in total. The second kappa shape index (κ2) is 9.37. The van der Waals surface area contributed by atoms with Crippen LogP contribution in [0.1, 0.15) is 32.1 Å². The first-order valence-electron chi connectivity index (χ1n) is 10.2. The molecule has 2 amide bonds. The first-order chi connectivity index (χ1) is 16.7. The molecule has 2 aromatic heterocycles. The fourth-order valence-electron chi connectivity index (χ4n) is 3.55. The van der Waals surface area contributed by atoms with Gasteiger partial charge in [-0.05, 0) is 36.8 Å². The highest BCUT2D eigenvalue weighted by Gasteiger charge is 2.37. The molecule has 0 radical (unpaired) electrons. The van der Waals surface area contributed by atoms with Gasteiger partial charge in [-0.15, -0.1) is 0 Å². The Labute approximate surface area is 212 Å². The minimum absolute atomic E-state index is 0.0301. The van der Waals surface area contributed by atoms with Crippen molar-refractivity contribution in [1.29, 1.82) is 0 Å². The maximum atomic E-state index is 13.4. The molecule has 0 saturated carbocycles. The Morgan fingerprint density at radius 3 is 2.44 bits per heavy atom. The van der Waals surface area contributed by atoms with Gasteiger partial charge < -0.3 is 10.6 Å². The molecule has 15 heteroatoms. The van der Waals surface area contributed by atoms with Crippen LogP contribution in [0.3, 0.4) is 0 Å². The van der Waals surface area contributed by atoms with Crippen LogP contribution < -0.4 is 10.6 Å². The number of aromatic nitrogens is 3. The number of hydrogen-bond acceptors (Lipinski definition) is 6. The lowest BCUT2D eigenvalue weighted by atomic mass is 10.1. The summed E-state index contributed by atoms with van der Waals surface area (Å²) in [5.41, 5.74) is -1.70. The number of benzene rings is 1. The predicted octanol–water partition coefficient (Wildman–Crippen LogP) is 3.68. The van der Waals surface area contributed by atoms with E-state index in [0.717, 1.165) is 0 Å². The number of pyridine rings is 1. The summed E-state index contributed by atoms with van der Waals surface area (Å²) in [5, 5.41) is 8.56. The number of hydrogen-bond donors (Lipinski definition) is 2. The van der Waals surface area contributed by atoms with Gasteiger partial charge in [0, 0.05) is 17.3 Å². The van der Waals surface area contributed by atoms with Gasteiger partial charge in [0.05, 0.1) is 33.8 Å². The lowest BCUT2D eigenvalue weighted by Gasteiger charge is -2.27. The Morgan fingerprint density at radius 2 is 1.83 bits per heavy atom. The second-order valence-electron chi connectivity index (χ2n) is 7.98. The maximum absolute atomic E-state index is 13.4. The highest BCUT2D eigenvalue weighted by Crippen LogP contribution is 2.32. The van der Waals surface area contributed by atoms with Gasteiger partial charge in [-0.25, -0.2) is 18.1 Å². The Balaban J connectivity index is 1.71. The number of alkyl halides is 3. The molecule has 4 rings (SSSR count). The normalized spacial score (nSPS) is 15.3. The van der Waals surface area contributed by atoms with Crippen LogP contribution in [0.2, 0.25) is 10.0 Å². The molecule has 3 heterocycles. The van der Waals surface area contributed by atoms with E-state index in [9.17, 15) is 31.2 Å². The summed E-state index contributed by atoms with van der Waals surface area (Å²) in [7, 11) is -3.21. The number of rotatable bonds is 5. The zero-order chi connectivity index (χ0) is 26.4. The molecule has 0 aliphatic carbocycles. The van der Waals surface area contributed by atoms with Crippen molar-refractivity contribution in [1.82, 2.24) is 20.1 Å². The quantitative estimate of drug-likeness (QED) is 0.489. The van der Waals surface area contributed by atoms with Crippen molar-refractivity contribution < 1.29 is 31.2 Å². The van der Waals surface area contributed by atoms with Gasteiger partial charge >= 0.3 is 6.18 Å². The third-order valence-corrected chi connectivity index (χ3v) is 7.53. The number of amides is 2.